The molecule has 0 bridgehead atoms. The Bertz CT molecular complexity index is 918. The first-order valence-corrected chi connectivity index (χ1v) is 8.13. The van der Waals surface area contributed by atoms with Crippen LogP contribution in [0.1, 0.15) is 15.9 Å². The second-order valence-electron chi connectivity index (χ2n) is 5.39. The molecule has 2 aromatic carbocycles. The zero-order chi connectivity index (χ0) is 17.3. The van der Waals surface area contributed by atoms with Crippen LogP contribution in [-0.2, 0) is 0 Å². The summed E-state index contributed by atoms with van der Waals surface area (Å²) in [5.74, 6) is 0.994. The summed E-state index contributed by atoms with van der Waals surface area (Å²) in [4.78, 5) is 15.8. The summed E-state index contributed by atoms with van der Waals surface area (Å²) in [6, 6.07) is 9.38. The molecule has 0 saturated heterocycles. The van der Waals surface area contributed by atoms with Gasteiger partial charge in [0.1, 0.15) is 0 Å². The van der Waals surface area contributed by atoms with Crippen molar-refractivity contribution in [2.75, 3.05) is 19.5 Å². The van der Waals surface area contributed by atoms with Gasteiger partial charge in [-0.15, -0.1) is 0 Å². The van der Waals surface area contributed by atoms with Crippen LogP contribution in [0.5, 0.6) is 11.5 Å². The van der Waals surface area contributed by atoms with Crippen LogP contribution in [0, 0.1) is 6.92 Å². The number of ether oxygens (including phenoxy) is 2. The first-order chi connectivity index (χ1) is 11.5. The Morgan fingerprint density at radius 2 is 1.83 bits per heavy atom. The highest BCUT2D eigenvalue weighted by molar-refractivity contribution is 9.10. The maximum absolute atomic E-state index is 12.7. The van der Waals surface area contributed by atoms with Gasteiger partial charge in [-0.05, 0) is 46.6 Å². The second kappa shape index (κ2) is 6.57. The summed E-state index contributed by atoms with van der Waals surface area (Å²) in [5, 5.41) is 3.69. The van der Waals surface area contributed by atoms with E-state index in [4.69, 9.17) is 9.47 Å². The topological polar surface area (TPSA) is 63.4 Å². The van der Waals surface area contributed by atoms with Crippen LogP contribution in [0.2, 0.25) is 0 Å². The molecular formula is C18H17BrN2O3. The normalized spacial score (nSPS) is 10.7. The fourth-order valence-corrected chi connectivity index (χ4v) is 3.14. The number of halogens is 1. The van der Waals surface area contributed by atoms with Crippen molar-refractivity contribution in [2.45, 2.75) is 6.92 Å². The molecular weight excluding hydrogens is 372 g/mol. The number of fused-ring (bicyclic) bond motifs is 1. The predicted octanol–water partition coefficient (Wildman–Crippen LogP) is 4.51. The highest BCUT2D eigenvalue weighted by Gasteiger charge is 2.16. The van der Waals surface area contributed by atoms with Crippen molar-refractivity contribution in [3.8, 4) is 11.5 Å². The standard InChI is InChI=1S/C18H17BrN2O3/c1-10-4-5-14(13(19)6-10)21-18(22)12-9-20-15-8-17(24-3)16(23-2)7-11(12)15/h4-9,20H,1-3H3,(H,21,22). The van der Waals surface area contributed by atoms with Gasteiger partial charge < -0.3 is 19.8 Å². The van der Waals surface area contributed by atoms with Crippen molar-refractivity contribution in [3.63, 3.8) is 0 Å². The molecule has 0 unspecified atom stereocenters. The van der Waals surface area contributed by atoms with Gasteiger partial charge in [0.05, 0.1) is 31.0 Å². The van der Waals surface area contributed by atoms with Crippen molar-refractivity contribution in [2.24, 2.45) is 0 Å². The van der Waals surface area contributed by atoms with Gasteiger partial charge in [0.2, 0.25) is 0 Å². The molecule has 0 aliphatic heterocycles. The van der Waals surface area contributed by atoms with Gasteiger partial charge in [-0.2, -0.15) is 0 Å². The molecule has 0 radical (unpaired) electrons. The number of H-pyrrole nitrogens is 1. The number of methoxy groups -OCH3 is 2. The number of anilines is 1. The summed E-state index contributed by atoms with van der Waals surface area (Å²) >= 11 is 3.47. The van der Waals surface area contributed by atoms with E-state index >= 15 is 0 Å². The van der Waals surface area contributed by atoms with E-state index in [0.717, 1.165) is 26.6 Å². The SMILES string of the molecule is COc1cc2[nH]cc(C(=O)Nc3ccc(C)cc3Br)c2cc1OC. The molecule has 1 aromatic heterocycles. The maximum Gasteiger partial charge on any atom is 0.257 e. The van der Waals surface area contributed by atoms with Gasteiger partial charge in [0.15, 0.2) is 11.5 Å². The lowest BCUT2D eigenvalue weighted by atomic mass is 10.1. The quantitative estimate of drug-likeness (QED) is 0.690. The number of carbonyl (C=O) groups excluding carboxylic acids is 1. The summed E-state index contributed by atoms with van der Waals surface area (Å²) in [6.07, 6.45) is 1.68. The van der Waals surface area contributed by atoms with Crippen molar-refractivity contribution < 1.29 is 14.3 Å². The van der Waals surface area contributed by atoms with E-state index in [1.54, 1.807) is 26.5 Å². The third kappa shape index (κ3) is 2.97. The van der Waals surface area contributed by atoms with Gasteiger partial charge in [0, 0.05) is 22.1 Å². The minimum atomic E-state index is -0.196. The number of amides is 1. The van der Waals surface area contributed by atoms with Crippen molar-refractivity contribution in [1.82, 2.24) is 4.98 Å². The molecule has 1 heterocycles. The molecule has 1 amide bonds. The zero-order valence-electron chi connectivity index (χ0n) is 13.6. The summed E-state index contributed by atoms with van der Waals surface area (Å²) in [5.41, 5.74) is 3.18. The van der Waals surface area contributed by atoms with Crippen LogP contribution in [0.15, 0.2) is 41.0 Å². The minimum Gasteiger partial charge on any atom is -0.493 e. The van der Waals surface area contributed by atoms with E-state index in [-0.39, 0.29) is 5.91 Å². The number of aromatic nitrogens is 1. The third-order valence-electron chi connectivity index (χ3n) is 3.80. The predicted molar refractivity (Wildman–Crippen MR) is 98.2 cm³/mol. The van der Waals surface area contributed by atoms with Crippen molar-refractivity contribution in [3.05, 3.63) is 52.1 Å². The Hall–Kier alpha value is -2.47. The number of nitrogens with one attached hydrogen (secondary N) is 2. The van der Waals surface area contributed by atoms with Crippen LogP contribution in [0.4, 0.5) is 5.69 Å². The number of hydrogen-bond donors (Lipinski definition) is 2. The average molecular weight is 389 g/mol. The lowest BCUT2D eigenvalue weighted by Crippen LogP contribution is -2.11. The molecule has 0 aliphatic rings. The molecule has 124 valence electrons. The third-order valence-corrected chi connectivity index (χ3v) is 4.46. The number of aromatic amines is 1. The van der Waals surface area contributed by atoms with E-state index in [0.29, 0.717) is 17.1 Å². The molecule has 0 atom stereocenters. The zero-order valence-corrected chi connectivity index (χ0v) is 15.2. The van der Waals surface area contributed by atoms with Crippen LogP contribution in [0.3, 0.4) is 0 Å². The Morgan fingerprint density at radius 3 is 2.50 bits per heavy atom. The smallest absolute Gasteiger partial charge is 0.257 e. The number of aryl methyl sites for hydroxylation is 1. The van der Waals surface area contributed by atoms with E-state index in [1.165, 1.54) is 0 Å². The first kappa shape index (κ1) is 16.4. The lowest BCUT2D eigenvalue weighted by molar-refractivity contribution is 0.102. The van der Waals surface area contributed by atoms with Gasteiger partial charge in [-0.3, -0.25) is 4.79 Å². The minimum absolute atomic E-state index is 0.196. The molecule has 0 spiro atoms. The second-order valence-corrected chi connectivity index (χ2v) is 6.25. The fraction of sp³-hybridized carbons (Fsp3) is 0.167. The molecule has 2 N–H and O–H groups in total. The van der Waals surface area contributed by atoms with E-state index < -0.39 is 0 Å². The lowest BCUT2D eigenvalue weighted by Gasteiger charge is -2.09. The highest BCUT2D eigenvalue weighted by Crippen LogP contribution is 2.34. The van der Waals surface area contributed by atoms with Crippen molar-refractivity contribution >= 4 is 38.4 Å². The highest BCUT2D eigenvalue weighted by atomic mass is 79.9. The first-order valence-electron chi connectivity index (χ1n) is 7.34. The van der Waals surface area contributed by atoms with E-state index in [1.807, 2.05) is 31.2 Å². The fourth-order valence-electron chi connectivity index (χ4n) is 2.55. The van der Waals surface area contributed by atoms with Crippen molar-refractivity contribution in [1.29, 1.82) is 0 Å². The van der Waals surface area contributed by atoms with E-state index in [2.05, 4.69) is 26.2 Å². The number of carbonyl (C=O) groups is 1. The van der Waals surface area contributed by atoms with Crippen LogP contribution in [0.25, 0.3) is 10.9 Å². The summed E-state index contributed by atoms with van der Waals surface area (Å²) in [6.45, 7) is 2.00. The molecule has 5 nitrogen and oxygen atoms in total. The Labute approximate surface area is 148 Å². The molecule has 0 fully saturated rings. The molecule has 3 rings (SSSR count). The number of rotatable bonds is 4. The molecule has 3 aromatic rings. The maximum atomic E-state index is 12.7. The molecule has 0 saturated carbocycles. The summed E-state index contributed by atoms with van der Waals surface area (Å²) in [7, 11) is 3.15. The van der Waals surface area contributed by atoms with Gasteiger partial charge >= 0.3 is 0 Å². The van der Waals surface area contributed by atoms with Gasteiger partial charge in [-0.1, -0.05) is 6.07 Å². The molecule has 6 heteroatoms. The Morgan fingerprint density at radius 1 is 1.12 bits per heavy atom. The summed E-state index contributed by atoms with van der Waals surface area (Å²) < 4.78 is 11.4. The van der Waals surface area contributed by atoms with Gasteiger partial charge in [0.25, 0.3) is 5.91 Å². The Balaban J connectivity index is 1.98. The number of hydrogen-bond acceptors (Lipinski definition) is 3. The Kier molecular flexibility index (Phi) is 4.49. The van der Waals surface area contributed by atoms with Crippen LogP contribution >= 0.6 is 15.9 Å². The average Bonchev–Trinajstić information content (AvgIpc) is 2.98. The van der Waals surface area contributed by atoms with Crippen LogP contribution in [-0.4, -0.2) is 25.1 Å². The largest absolute Gasteiger partial charge is 0.493 e. The molecule has 0 aliphatic carbocycles. The molecule has 24 heavy (non-hydrogen) atoms. The van der Waals surface area contributed by atoms with Gasteiger partial charge in [-0.25, -0.2) is 0 Å². The van der Waals surface area contributed by atoms with Crippen LogP contribution < -0.4 is 14.8 Å². The number of benzene rings is 2. The van der Waals surface area contributed by atoms with E-state index in [9.17, 15) is 4.79 Å². The monoisotopic (exact) mass is 388 g/mol.